The second-order valence-corrected chi connectivity index (χ2v) is 21.4. The van der Waals surface area contributed by atoms with Gasteiger partial charge in [-0.15, -0.1) is 54.1 Å². The number of aromatic nitrogens is 3. The number of fused-ring (bicyclic) bond motifs is 4. The number of para-hydroxylation sites is 3. The third-order valence-electron chi connectivity index (χ3n) is 10.7. The first-order chi connectivity index (χ1) is 30.0. The minimum atomic E-state index is -1.67. The van der Waals surface area contributed by atoms with Gasteiger partial charge in [-0.3, -0.25) is 4.98 Å². The minimum absolute atomic E-state index is 0. The van der Waals surface area contributed by atoms with E-state index in [9.17, 15) is 0 Å². The Labute approximate surface area is 376 Å². The molecular weight excluding hydrogens is 939 g/mol. The van der Waals surface area contributed by atoms with Gasteiger partial charge in [0.2, 0.25) is 0 Å². The molecule has 0 aliphatic heterocycles. The Kier molecular flexibility index (Phi) is 11.4. The van der Waals surface area contributed by atoms with Crippen molar-refractivity contribution in [3.8, 4) is 50.6 Å². The number of rotatable bonds is 8. The van der Waals surface area contributed by atoms with Crippen LogP contribution in [0.5, 0.6) is 0 Å². The number of benzene rings is 7. The molecule has 0 aliphatic rings. The summed E-state index contributed by atoms with van der Waals surface area (Å²) in [4.78, 5) is 9.77. The fourth-order valence-corrected chi connectivity index (χ4v) is 9.27. The van der Waals surface area contributed by atoms with Crippen molar-refractivity contribution in [3.05, 3.63) is 194 Å². The molecule has 3 aromatic heterocycles. The van der Waals surface area contributed by atoms with Crippen molar-refractivity contribution in [2.45, 2.75) is 39.9 Å². The van der Waals surface area contributed by atoms with Gasteiger partial charge in [-0.1, -0.05) is 159 Å². The van der Waals surface area contributed by atoms with E-state index in [0.29, 0.717) is 0 Å². The summed E-state index contributed by atoms with van der Waals surface area (Å²) in [5, 5.41) is 3.25. The Morgan fingerprint density at radius 1 is 0.689 bits per heavy atom. The molecule has 0 spiro atoms. The van der Waals surface area contributed by atoms with Crippen LogP contribution < -0.4 is 5.19 Å². The van der Waals surface area contributed by atoms with Gasteiger partial charge in [-0.05, 0) is 64.1 Å². The van der Waals surface area contributed by atoms with Crippen LogP contribution in [0, 0.1) is 18.1 Å². The van der Waals surface area contributed by atoms with E-state index >= 15 is 0 Å². The van der Waals surface area contributed by atoms with E-state index in [1.807, 2.05) is 86.8 Å². The summed E-state index contributed by atoms with van der Waals surface area (Å²) >= 11 is 0. The second-order valence-electron chi connectivity index (χ2n) is 16.4. The summed E-state index contributed by atoms with van der Waals surface area (Å²) in [6.45, 7) is 10.6. The van der Waals surface area contributed by atoms with Crippen molar-refractivity contribution in [2.24, 2.45) is 5.92 Å². The smallest absolute Gasteiger partial charge is 0.120 e. The van der Waals surface area contributed by atoms with Gasteiger partial charge in [-0.25, -0.2) is 0 Å². The van der Waals surface area contributed by atoms with Gasteiger partial charge in [-0.2, -0.15) is 0 Å². The number of nitrogens with zero attached hydrogens (tertiary/aromatic N) is 3. The third-order valence-corrected chi connectivity index (χ3v) is 12.7. The molecule has 0 N–H and O–H groups in total. The number of pyridine rings is 1. The Morgan fingerprint density at radius 3 is 2.13 bits per heavy atom. The molecule has 6 heteroatoms. The summed E-state index contributed by atoms with van der Waals surface area (Å²) in [5.41, 5.74) is 12.6. The normalized spacial score (nSPS) is 12.2. The van der Waals surface area contributed by atoms with Gasteiger partial charge >= 0.3 is 0 Å². The Bertz CT molecular complexity index is 3180. The fourth-order valence-electron chi connectivity index (χ4n) is 7.87. The number of hydrogen-bond donors (Lipinski definition) is 0. The fraction of sp³-hybridized carbons (Fsp3) is 0.127. The van der Waals surface area contributed by atoms with Gasteiger partial charge in [0, 0.05) is 45.7 Å². The first-order valence-corrected chi connectivity index (χ1v) is 24.0. The zero-order chi connectivity index (χ0) is 43.0. The largest absolute Gasteiger partial charge is 0.501 e. The summed E-state index contributed by atoms with van der Waals surface area (Å²) in [6, 6.07) is 64.6. The summed E-state index contributed by atoms with van der Waals surface area (Å²) in [7, 11) is -1.67. The summed E-state index contributed by atoms with van der Waals surface area (Å²) in [5.74, 6) is 0.714. The average Bonchev–Trinajstić information content (AvgIpc) is 3.88. The molecule has 3 heterocycles. The van der Waals surface area contributed by atoms with Crippen molar-refractivity contribution in [1.29, 1.82) is 0 Å². The van der Waals surface area contributed by atoms with Crippen LogP contribution in [-0.4, -0.2) is 22.6 Å². The molecule has 303 valence electrons. The summed E-state index contributed by atoms with van der Waals surface area (Å²) in [6.07, 6.45) is 0.528. The zero-order valence-electron chi connectivity index (χ0n) is 36.9. The maximum Gasteiger partial charge on any atom is 0.120 e. The van der Waals surface area contributed by atoms with E-state index in [1.165, 1.54) is 5.56 Å². The van der Waals surface area contributed by atoms with Crippen LogP contribution >= 0.6 is 0 Å². The SMILES string of the molecule is [2H]C([2H])(c1cc(-c2[c-]cccc2)ncc1[Si](C)(C)C)C(C)C.[Ir].[c-]1ccc2c(oc3ccccc32)c1-c1nc2ccccc2n1-c1cc(-c2ccccc2)ccc1-c1ccccc1. The molecule has 10 aromatic rings. The van der Waals surface area contributed by atoms with E-state index < -0.39 is 14.4 Å². The summed E-state index contributed by atoms with van der Waals surface area (Å²) < 4.78 is 25.8. The van der Waals surface area contributed by atoms with E-state index in [2.05, 4.69) is 144 Å². The zero-order valence-corrected chi connectivity index (χ0v) is 38.3. The van der Waals surface area contributed by atoms with E-state index in [-0.39, 0.29) is 26.0 Å². The Balaban J connectivity index is 0.000000203. The molecule has 0 fully saturated rings. The van der Waals surface area contributed by atoms with E-state index in [0.717, 1.165) is 88.7 Å². The van der Waals surface area contributed by atoms with Crippen molar-refractivity contribution in [1.82, 2.24) is 14.5 Å². The molecule has 0 aliphatic carbocycles. The molecule has 61 heavy (non-hydrogen) atoms. The predicted octanol–water partition coefficient (Wildman–Crippen LogP) is 14.0. The first kappa shape index (κ1) is 39.0. The quantitative estimate of drug-likeness (QED) is 0.113. The van der Waals surface area contributed by atoms with Gasteiger partial charge in [0.15, 0.2) is 0 Å². The van der Waals surface area contributed by atoms with Crippen LogP contribution in [0.2, 0.25) is 19.6 Å². The van der Waals surface area contributed by atoms with Crippen molar-refractivity contribution in [3.63, 3.8) is 0 Å². The van der Waals surface area contributed by atoms with Crippen LogP contribution in [-0.2, 0) is 26.5 Å². The topological polar surface area (TPSA) is 43.9 Å². The predicted molar refractivity (Wildman–Crippen MR) is 254 cm³/mol. The molecule has 7 aromatic carbocycles. The Hall–Kier alpha value is -6.17. The maximum absolute atomic E-state index is 8.55. The first-order valence-electron chi connectivity index (χ1n) is 21.5. The third kappa shape index (κ3) is 8.58. The second kappa shape index (κ2) is 17.8. The van der Waals surface area contributed by atoms with Crippen LogP contribution in [0.3, 0.4) is 0 Å². The molecule has 4 nitrogen and oxygen atoms in total. The van der Waals surface area contributed by atoms with Crippen LogP contribution in [0.1, 0.15) is 22.2 Å². The number of hydrogen-bond acceptors (Lipinski definition) is 3. The molecule has 1 radical (unpaired) electrons. The molecule has 0 saturated heterocycles. The Morgan fingerprint density at radius 2 is 1.39 bits per heavy atom. The van der Waals surface area contributed by atoms with Gasteiger partial charge < -0.3 is 14.0 Å². The molecule has 10 rings (SSSR count). The van der Waals surface area contributed by atoms with Gasteiger partial charge in [0.05, 0.1) is 30.5 Å². The number of imidazole rings is 1. The van der Waals surface area contributed by atoms with Crippen LogP contribution in [0.4, 0.5) is 0 Å². The number of furan rings is 1. The average molecular weight is 988 g/mol. The van der Waals surface area contributed by atoms with Gasteiger partial charge in [0.1, 0.15) is 5.58 Å². The minimum Gasteiger partial charge on any atom is -0.501 e. The molecule has 0 saturated carbocycles. The van der Waals surface area contributed by atoms with Crippen LogP contribution in [0.15, 0.2) is 180 Å². The molecule has 0 atom stereocenters. The van der Waals surface area contributed by atoms with Crippen molar-refractivity contribution in [2.75, 3.05) is 0 Å². The van der Waals surface area contributed by atoms with Crippen LogP contribution in [0.25, 0.3) is 83.6 Å². The van der Waals surface area contributed by atoms with E-state index in [4.69, 9.17) is 12.1 Å². The van der Waals surface area contributed by atoms with Gasteiger partial charge in [0.25, 0.3) is 0 Å². The molecular formula is C55H47IrN3OSi-2. The van der Waals surface area contributed by atoms with E-state index in [1.54, 1.807) is 0 Å². The molecule has 0 unspecified atom stereocenters. The monoisotopic (exact) mass is 988 g/mol. The molecule has 0 amide bonds. The van der Waals surface area contributed by atoms with Crippen molar-refractivity contribution >= 4 is 46.2 Å². The standard InChI is InChI=1S/C37H23N2O.C18H24NSi.Ir/c1-3-12-25(13-4-1)27-22-23-28(26-14-5-2-6-15-26)34(24-27)39-33-20-9-8-19-32(33)38-37(39)31-18-11-17-30-29-16-7-10-21-35(29)40-36(30)31;1-14(2)11-16-12-17(15-9-7-6-8-10-15)19-13-18(16)20(3,4)5;/h1-17,19-24H;6-9,12-14H,11H2,1-5H3;/q2*-1;/i;11D2;. The molecule has 0 bridgehead atoms. The van der Waals surface area contributed by atoms with Crippen molar-refractivity contribution < 1.29 is 27.3 Å². The maximum atomic E-state index is 8.55.